The van der Waals surface area contributed by atoms with Gasteiger partial charge in [-0.25, -0.2) is 4.79 Å². The van der Waals surface area contributed by atoms with Crippen molar-refractivity contribution in [2.45, 2.75) is 76.1 Å². The lowest BCUT2D eigenvalue weighted by Gasteiger charge is -2.61. The van der Waals surface area contributed by atoms with Gasteiger partial charge in [0.05, 0.1) is 35.4 Å². The van der Waals surface area contributed by atoms with Crippen molar-refractivity contribution >= 4 is 33.5 Å². The molecule has 224 valence electrons. The van der Waals surface area contributed by atoms with Gasteiger partial charge in [-0.15, -0.1) is 0 Å². The molecule has 5 heterocycles. The van der Waals surface area contributed by atoms with E-state index in [9.17, 15) is 13.2 Å². The normalized spacial score (nSPS) is 27.4. The van der Waals surface area contributed by atoms with Crippen LogP contribution in [0.25, 0.3) is 0 Å². The summed E-state index contributed by atoms with van der Waals surface area (Å²) in [4.78, 5) is 35.2. The van der Waals surface area contributed by atoms with Crippen LogP contribution in [0.5, 0.6) is 0 Å². The van der Waals surface area contributed by atoms with Gasteiger partial charge in [0.25, 0.3) is 10.1 Å². The van der Waals surface area contributed by atoms with Gasteiger partial charge in [0.2, 0.25) is 5.91 Å². The lowest BCUT2D eigenvalue weighted by molar-refractivity contribution is -0.149. The zero-order valence-electron chi connectivity index (χ0n) is 25.3. The Kier molecular flexibility index (Phi) is 6.37. The van der Waals surface area contributed by atoms with Gasteiger partial charge < -0.3 is 14.5 Å². The number of hydrogen-bond acceptors (Lipinski definition) is 7. The fourth-order valence-electron chi connectivity index (χ4n) is 8.09. The Hall–Kier alpha value is -3.37. The van der Waals surface area contributed by atoms with Crippen molar-refractivity contribution in [3.05, 3.63) is 70.8 Å². The fourth-order valence-corrected chi connectivity index (χ4v) is 8.47. The van der Waals surface area contributed by atoms with Gasteiger partial charge >= 0.3 is 6.09 Å². The third-order valence-corrected chi connectivity index (χ3v) is 9.82. The summed E-state index contributed by atoms with van der Waals surface area (Å²) in [6.45, 7) is 9.91. The lowest BCUT2D eigenvalue weighted by atomic mass is 9.49. The maximum absolute atomic E-state index is 15.3. The van der Waals surface area contributed by atoms with Crippen LogP contribution in [0.1, 0.15) is 70.2 Å². The largest absolute Gasteiger partial charge is 0.443 e. The highest BCUT2D eigenvalue weighted by molar-refractivity contribution is 7.85. The monoisotopic (exact) mass is 593 g/mol. The predicted octanol–water partition coefficient (Wildman–Crippen LogP) is 5.01. The Morgan fingerprint density at radius 1 is 1.10 bits per heavy atom. The first-order valence-corrected chi connectivity index (χ1v) is 16.2. The van der Waals surface area contributed by atoms with Crippen molar-refractivity contribution in [3.63, 3.8) is 0 Å². The molecule has 1 spiro atoms. The molecule has 0 aliphatic carbocycles. The van der Waals surface area contributed by atoms with Crippen molar-refractivity contribution in [1.82, 2.24) is 4.90 Å². The minimum Gasteiger partial charge on any atom is -0.443 e. The molecule has 2 aromatic carbocycles. The van der Waals surface area contributed by atoms with E-state index in [0.717, 1.165) is 28.6 Å². The summed E-state index contributed by atoms with van der Waals surface area (Å²) in [6, 6.07) is 13.4. The topological polar surface area (TPSA) is 96.5 Å². The number of fused-ring (bicyclic) bond motifs is 2. The first kappa shape index (κ1) is 28.7. The Labute approximate surface area is 248 Å². The third-order valence-electron chi connectivity index (χ3n) is 9.22. The molecule has 10 heteroatoms. The number of para-hydroxylation sites is 1. The molecule has 2 aromatic rings. The standard InChI is InChI=1S/C32H39N3O6S/c1-20(2)19-25-21-11-10-14-24-26(21)32-15-17-34(25)28(36)31(32,16-18-40-42(7,38)39)22-12-8-9-13-23(22)35(27(32)33(24)6)29(37)41-30(3,4)5/h8-14,19,25,27H,15-18H2,1-7H3/t25-,27+,31+,32+/m1/s1. The summed E-state index contributed by atoms with van der Waals surface area (Å²) in [7, 11) is -1.79. The molecule has 2 amide bonds. The average molecular weight is 594 g/mol. The lowest BCUT2D eigenvalue weighted by Crippen LogP contribution is -2.74. The maximum atomic E-state index is 15.3. The van der Waals surface area contributed by atoms with Crippen molar-refractivity contribution < 1.29 is 26.9 Å². The van der Waals surface area contributed by atoms with Crippen molar-refractivity contribution in [1.29, 1.82) is 0 Å². The highest BCUT2D eigenvalue weighted by Gasteiger charge is 2.75. The SMILES string of the molecule is CC(C)=C[C@@H]1c2cccc3c2[C@]24CCN1C(=O)[C@]2(CCOS(C)(=O)=O)c1ccccc1N(C(=O)OC(C)(C)C)[C@@H]4N3C. The van der Waals surface area contributed by atoms with Gasteiger partial charge in [0.15, 0.2) is 0 Å². The van der Waals surface area contributed by atoms with Crippen LogP contribution in [0.2, 0.25) is 0 Å². The quantitative estimate of drug-likeness (QED) is 0.355. The molecule has 0 radical (unpaired) electrons. The second-order valence-electron chi connectivity index (χ2n) is 13.2. The molecule has 0 aromatic heterocycles. The number of piperidine rings is 1. The first-order valence-electron chi connectivity index (χ1n) is 14.4. The average Bonchev–Trinajstić information content (AvgIpc) is 3.00. The molecule has 42 heavy (non-hydrogen) atoms. The Morgan fingerprint density at radius 2 is 1.79 bits per heavy atom. The van der Waals surface area contributed by atoms with E-state index in [-0.39, 0.29) is 25.0 Å². The number of carbonyl (C=O) groups excluding carboxylic acids is 2. The fraction of sp³-hybridized carbons (Fsp3) is 0.500. The summed E-state index contributed by atoms with van der Waals surface area (Å²) < 4.78 is 35.7. The zero-order valence-corrected chi connectivity index (χ0v) is 26.1. The van der Waals surface area contributed by atoms with Crippen LogP contribution >= 0.6 is 0 Å². The van der Waals surface area contributed by atoms with Gasteiger partial charge in [0, 0.05) is 19.3 Å². The number of amides is 2. The second-order valence-corrected chi connectivity index (χ2v) is 14.8. The second kappa shape index (κ2) is 9.31. The van der Waals surface area contributed by atoms with E-state index < -0.39 is 38.8 Å². The van der Waals surface area contributed by atoms with Crippen molar-refractivity contribution in [3.8, 4) is 0 Å². The first-order chi connectivity index (χ1) is 19.6. The number of nitrogens with zero attached hydrogens (tertiary/aromatic N) is 3. The van der Waals surface area contributed by atoms with E-state index in [1.165, 1.54) is 0 Å². The number of benzene rings is 2. The maximum Gasteiger partial charge on any atom is 0.416 e. The van der Waals surface area contributed by atoms with Gasteiger partial charge in [0.1, 0.15) is 11.8 Å². The molecule has 0 unspecified atom stereocenters. The van der Waals surface area contributed by atoms with Crippen LogP contribution in [-0.2, 0) is 34.7 Å². The molecule has 1 fully saturated rings. The summed E-state index contributed by atoms with van der Waals surface area (Å²) in [5.41, 5.74) is 2.55. The molecule has 2 bridgehead atoms. The number of hydrogen-bond donors (Lipinski definition) is 0. The van der Waals surface area contributed by atoms with Crippen LogP contribution in [0.15, 0.2) is 54.1 Å². The van der Waals surface area contributed by atoms with E-state index >= 15 is 4.79 Å². The van der Waals surface area contributed by atoms with Crippen LogP contribution in [0.4, 0.5) is 16.2 Å². The number of rotatable bonds is 5. The highest BCUT2D eigenvalue weighted by atomic mass is 32.2. The van der Waals surface area contributed by atoms with Crippen LogP contribution in [0, 0.1) is 0 Å². The van der Waals surface area contributed by atoms with E-state index in [4.69, 9.17) is 8.92 Å². The molecule has 4 atom stereocenters. The Balaban J connectivity index is 1.72. The van der Waals surface area contributed by atoms with E-state index in [1.807, 2.05) is 76.9 Å². The molecule has 5 aliphatic rings. The third kappa shape index (κ3) is 3.87. The number of allylic oxidation sites excluding steroid dienone is 1. The van der Waals surface area contributed by atoms with E-state index in [1.54, 1.807) is 4.90 Å². The summed E-state index contributed by atoms with van der Waals surface area (Å²) in [6.07, 6.45) is 2.79. The molecule has 0 N–H and O–H groups in total. The summed E-state index contributed by atoms with van der Waals surface area (Å²) >= 11 is 0. The van der Waals surface area contributed by atoms with Gasteiger partial charge in [-0.05, 0) is 76.3 Å². The minimum absolute atomic E-state index is 0.0768. The Bertz CT molecular complexity index is 1620. The molecule has 0 saturated carbocycles. The molecule has 7 rings (SSSR count). The van der Waals surface area contributed by atoms with Gasteiger partial charge in [-0.3, -0.25) is 13.9 Å². The molecule has 5 aliphatic heterocycles. The molecular formula is C32H39N3O6S. The van der Waals surface area contributed by atoms with Gasteiger partial charge in [-0.2, -0.15) is 8.42 Å². The van der Waals surface area contributed by atoms with E-state index in [0.29, 0.717) is 24.2 Å². The summed E-state index contributed by atoms with van der Waals surface area (Å²) in [5.74, 6) is -0.0768. The number of ether oxygens (including phenoxy) is 1. The molecular weight excluding hydrogens is 554 g/mol. The molecule has 9 nitrogen and oxygen atoms in total. The minimum atomic E-state index is -3.76. The highest BCUT2D eigenvalue weighted by Crippen LogP contribution is 2.69. The van der Waals surface area contributed by atoms with Crippen molar-refractivity contribution in [2.24, 2.45) is 0 Å². The van der Waals surface area contributed by atoms with Crippen molar-refractivity contribution in [2.75, 3.05) is 36.3 Å². The number of anilines is 2. The van der Waals surface area contributed by atoms with Crippen LogP contribution in [0.3, 0.4) is 0 Å². The zero-order chi connectivity index (χ0) is 30.4. The van der Waals surface area contributed by atoms with Crippen LogP contribution < -0.4 is 9.80 Å². The number of carbonyl (C=O) groups is 2. The smallest absolute Gasteiger partial charge is 0.416 e. The molecule has 1 saturated heterocycles. The van der Waals surface area contributed by atoms with E-state index in [2.05, 4.69) is 23.1 Å². The Morgan fingerprint density at radius 3 is 2.45 bits per heavy atom. The number of likely N-dealkylation sites (N-methyl/N-ethyl adjacent to an activating group) is 1. The predicted molar refractivity (Wildman–Crippen MR) is 161 cm³/mol. The van der Waals surface area contributed by atoms with Gasteiger partial charge in [-0.1, -0.05) is 42.0 Å². The van der Waals surface area contributed by atoms with Crippen LogP contribution in [-0.4, -0.2) is 63.5 Å². The summed E-state index contributed by atoms with van der Waals surface area (Å²) in [5, 5.41) is 0.